The Morgan fingerprint density at radius 3 is 2.19 bits per heavy atom. The van der Waals surface area contributed by atoms with Crippen molar-refractivity contribution in [2.24, 2.45) is 14.1 Å². The number of nitrogens with zero attached hydrogens (tertiary/aromatic N) is 7. The molecule has 1 atom stereocenters. The number of carbonyl (C=O) groups excluding carboxylic acids is 3. The predicted molar refractivity (Wildman–Crippen MR) is 205 cm³/mol. The zero-order valence-electron chi connectivity index (χ0n) is 31.7. The monoisotopic (exact) mass is 764 g/mol. The number of piperidine rings is 2. The summed E-state index contributed by atoms with van der Waals surface area (Å²) in [6.07, 6.45) is 3.21. The molecule has 3 aromatic rings. The molecule has 0 bridgehead atoms. The van der Waals surface area contributed by atoms with E-state index in [1.807, 2.05) is 48.2 Å². The van der Waals surface area contributed by atoms with Crippen molar-refractivity contribution in [3.8, 4) is 0 Å². The van der Waals surface area contributed by atoms with Crippen LogP contribution in [0.1, 0.15) is 42.4 Å². The zero-order valence-corrected chi connectivity index (χ0v) is 32.5. The third kappa shape index (κ3) is 7.73. The number of ether oxygens (including phenoxy) is 1. The Kier molecular flexibility index (Phi) is 10.8. The summed E-state index contributed by atoms with van der Waals surface area (Å²) < 4.78 is 34.9. The van der Waals surface area contributed by atoms with Crippen molar-refractivity contribution in [1.82, 2.24) is 33.0 Å². The van der Waals surface area contributed by atoms with Gasteiger partial charge in [-0.05, 0) is 67.9 Å². The lowest BCUT2D eigenvalue weighted by atomic mass is 9.99. The summed E-state index contributed by atoms with van der Waals surface area (Å²) in [7, 11) is 0.240. The molecule has 0 saturated carbocycles. The van der Waals surface area contributed by atoms with Crippen LogP contribution in [0.2, 0.25) is 0 Å². The number of hydrogen-bond acceptors (Lipinski definition) is 8. The first-order valence-electron chi connectivity index (χ1n) is 19.0. The molecular formula is C38H52N8O7S. The molecule has 0 spiro atoms. The van der Waals surface area contributed by atoms with Gasteiger partial charge in [-0.25, -0.2) is 22.8 Å². The average molecular weight is 765 g/mol. The molecule has 54 heavy (non-hydrogen) atoms. The highest BCUT2D eigenvalue weighted by Crippen LogP contribution is 2.27. The van der Waals surface area contributed by atoms with E-state index in [9.17, 15) is 27.6 Å². The molecule has 292 valence electrons. The van der Waals surface area contributed by atoms with Crippen molar-refractivity contribution in [1.29, 1.82) is 0 Å². The lowest BCUT2D eigenvalue weighted by molar-refractivity contribution is -0.142. The smallest absolute Gasteiger partial charge is 0.410 e. The van der Waals surface area contributed by atoms with Crippen molar-refractivity contribution >= 4 is 44.8 Å². The summed E-state index contributed by atoms with van der Waals surface area (Å²) in [5.41, 5.74) is 5.03. The Bertz CT molecular complexity index is 2070. The number of amides is 4. The molecule has 4 aliphatic heterocycles. The number of imidazole rings is 1. The van der Waals surface area contributed by atoms with Gasteiger partial charge >= 0.3 is 17.8 Å². The maximum atomic E-state index is 14.3. The maximum Gasteiger partial charge on any atom is 0.410 e. The highest BCUT2D eigenvalue weighted by atomic mass is 32.2. The van der Waals surface area contributed by atoms with E-state index in [2.05, 4.69) is 10.2 Å². The lowest BCUT2D eigenvalue weighted by Crippen LogP contribution is -2.55. The fourth-order valence-corrected chi connectivity index (χ4v) is 9.64. The van der Waals surface area contributed by atoms with E-state index in [0.717, 1.165) is 52.7 Å². The molecular weight excluding hydrogens is 713 g/mol. The number of nitrogens with one attached hydrogen (secondary N) is 1. The molecule has 15 nitrogen and oxygen atoms in total. The van der Waals surface area contributed by atoms with Gasteiger partial charge in [-0.1, -0.05) is 24.3 Å². The first-order chi connectivity index (χ1) is 25.8. The van der Waals surface area contributed by atoms with E-state index in [4.69, 9.17) is 4.74 Å². The van der Waals surface area contributed by atoms with Crippen LogP contribution in [0, 0.1) is 6.92 Å². The van der Waals surface area contributed by atoms with Crippen molar-refractivity contribution in [3.05, 3.63) is 63.6 Å². The zero-order chi connectivity index (χ0) is 38.3. The van der Waals surface area contributed by atoms with Gasteiger partial charge in [0.1, 0.15) is 0 Å². The molecule has 2 aromatic carbocycles. The van der Waals surface area contributed by atoms with Gasteiger partial charge in [-0.2, -0.15) is 4.31 Å². The van der Waals surface area contributed by atoms with Crippen molar-refractivity contribution in [2.45, 2.75) is 63.6 Å². The lowest BCUT2D eigenvalue weighted by Gasteiger charge is -2.42. The van der Waals surface area contributed by atoms with Crippen LogP contribution in [-0.2, 0) is 46.5 Å². The van der Waals surface area contributed by atoms with Crippen LogP contribution in [0.5, 0.6) is 0 Å². The second kappa shape index (κ2) is 15.4. The molecule has 4 amide bonds. The number of benzene rings is 2. The number of hydrogen-bond donors (Lipinski definition) is 1. The largest absolute Gasteiger partial charge is 0.436 e. The van der Waals surface area contributed by atoms with Gasteiger partial charge in [0.2, 0.25) is 10.0 Å². The fraction of sp³-hybridized carbons (Fsp3) is 0.579. The molecule has 3 fully saturated rings. The highest BCUT2D eigenvalue weighted by Gasteiger charge is 2.37. The van der Waals surface area contributed by atoms with Gasteiger partial charge < -0.3 is 24.8 Å². The molecule has 0 radical (unpaired) electrons. The van der Waals surface area contributed by atoms with Gasteiger partial charge in [-0.15, -0.1) is 0 Å². The first-order valence-corrected chi connectivity index (χ1v) is 20.9. The fourth-order valence-electron chi connectivity index (χ4n) is 8.81. The number of rotatable bonds is 7. The van der Waals surface area contributed by atoms with E-state index in [-0.39, 0.29) is 36.1 Å². The summed E-state index contributed by atoms with van der Waals surface area (Å²) >= 11 is 0. The quantitative estimate of drug-likeness (QED) is 0.386. The van der Waals surface area contributed by atoms with Crippen LogP contribution in [0.4, 0.5) is 15.3 Å². The number of urea groups is 1. The Morgan fingerprint density at radius 1 is 0.852 bits per heavy atom. The summed E-state index contributed by atoms with van der Waals surface area (Å²) in [4.78, 5) is 61.6. The van der Waals surface area contributed by atoms with E-state index < -0.39 is 22.2 Å². The Hall–Kier alpha value is -4.41. The normalized spacial score (nSPS) is 20.4. The van der Waals surface area contributed by atoms with Crippen LogP contribution in [0.15, 0.2) is 41.2 Å². The third-order valence-corrected chi connectivity index (χ3v) is 13.2. The third-order valence-electron chi connectivity index (χ3n) is 11.9. The Labute approximate surface area is 316 Å². The molecule has 1 aromatic heterocycles. The Morgan fingerprint density at radius 2 is 1.50 bits per heavy atom. The molecule has 0 unspecified atom stereocenters. The number of sulfonamides is 1. The number of para-hydroxylation sites is 1. The summed E-state index contributed by atoms with van der Waals surface area (Å²) in [6.45, 7) is 6.57. The van der Waals surface area contributed by atoms with Crippen LogP contribution in [-0.4, -0.2) is 143 Å². The van der Waals surface area contributed by atoms with Crippen LogP contribution in [0.3, 0.4) is 0 Å². The molecule has 4 aliphatic rings. The van der Waals surface area contributed by atoms with Crippen LogP contribution < -0.4 is 11.0 Å². The van der Waals surface area contributed by atoms with Crippen LogP contribution >= 0.6 is 0 Å². The second-order valence-corrected chi connectivity index (χ2v) is 17.2. The topological polar surface area (TPSA) is 150 Å². The second-order valence-electron chi connectivity index (χ2n) is 15.3. The molecule has 3 saturated heterocycles. The number of carbonyl (C=O) groups is 3. The highest BCUT2D eigenvalue weighted by molar-refractivity contribution is 7.88. The number of aromatic nitrogens is 2. The number of fused-ring (bicyclic) bond motifs is 2. The van der Waals surface area contributed by atoms with Crippen molar-refractivity contribution < 1.29 is 27.5 Å². The van der Waals surface area contributed by atoms with Gasteiger partial charge in [0.25, 0.3) is 5.91 Å². The van der Waals surface area contributed by atoms with Gasteiger partial charge in [0.05, 0.1) is 17.3 Å². The van der Waals surface area contributed by atoms with Gasteiger partial charge in [-0.3, -0.25) is 18.8 Å². The Balaban J connectivity index is 1.02. The van der Waals surface area contributed by atoms with Crippen molar-refractivity contribution in [2.75, 3.05) is 70.5 Å². The number of piperazine rings is 1. The van der Waals surface area contributed by atoms with E-state index in [1.165, 1.54) is 10.6 Å². The first kappa shape index (κ1) is 37.9. The minimum atomic E-state index is -3.22. The maximum absolute atomic E-state index is 14.3. The van der Waals surface area contributed by atoms with E-state index in [0.29, 0.717) is 71.7 Å². The minimum Gasteiger partial charge on any atom is -0.436 e. The van der Waals surface area contributed by atoms with Crippen molar-refractivity contribution in [3.63, 3.8) is 0 Å². The van der Waals surface area contributed by atoms with E-state index >= 15 is 0 Å². The summed E-state index contributed by atoms with van der Waals surface area (Å²) in [5.74, 6) is -0.251. The molecule has 0 aliphatic carbocycles. The van der Waals surface area contributed by atoms with Crippen LogP contribution in [0.25, 0.3) is 11.0 Å². The van der Waals surface area contributed by atoms with Gasteiger partial charge in [0.15, 0.2) is 6.10 Å². The molecule has 16 heteroatoms. The summed E-state index contributed by atoms with van der Waals surface area (Å²) in [6, 6.07) is 11.8. The molecule has 5 heterocycles. The number of likely N-dealkylation sites (tertiary alicyclic amines) is 2. The van der Waals surface area contributed by atoms with E-state index in [1.54, 1.807) is 33.0 Å². The average Bonchev–Trinajstić information content (AvgIpc) is 3.27. The number of aryl methyl sites for hydroxylation is 3. The molecule has 7 rings (SSSR count). The van der Waals surface area contributed by atoms with Gasteiger partial charge in [0, 0.05) is 97.2 Å². The number of anilines is 1. The summed E-state index contributed by atoms with van der Waals surface area (Å²) in [5, 5.41) is 3.04. The standard InChI is InChI=1S/C38H52N8O7S/c1-26-23-27(24-32-34(26)41(3)37(49)40(32)2)25-33(35(47)43-14-10-29(11-15-43)42-19-21-45(22-20-42)54(4,51)52)53-38(50)44-16-12-30(13-17-44)46-18-9-28-7-5-6-8-31(28)39-36(46)48/h5-8,23-24,29-30,33H,9-22,25H2,1-4H3,(H,39,48)/t33-/m1/s1. The predicted octanol–water partition coefficient (Wildman–Crippen LogP) is 2.36. The minimum absolute atomic E-state index is 0.0244. The SMILES string of the molecule is Cc1cc(C[C@@H](OC(=O)N2CCC(N3CCc4ccccc4NC3=O)CC2)C(=O)N2CCC(N3CCN(S(C)(=O)=O)CC3)CC2)cc2c1n(C)c(=O)n2C. The molecule has 1 N–H and O–H groups in total.